The number of hydrogen-bond acceptors (Lipinski definition) is 5. The first-order valence-corrected chi connectivity index (χ1v) is 10.3. The Bertz CT molecular complexity index is 962. The molecule has 1 saturated heterocycles. The second-order valence-electron chi connectivity index (χ2n) is 7.21. The molecule has 0 aliphatic carbocycles. The molecule has 2 heterocycles. The van der Waals surface area contributed by atoms with Gasteiger partial charge in [-0.1, -0.05) is 41.9 Å². The summed E-state index contributed by atoms with van der Waals surface area (Å²) in [7, 11) is 0. The average Bonchev–Trinajstić information content (AvgIpc) is 3.27. The Balaban J connectivity index is 1.29. The van der Waals surface area contributed by atoms with E-state index in [0.29, 0.717) is 36.4 Å². The summed E-state index contributed by atoms with van der Waals surface area (Å²) >= 11 is 5.90. The SMILES string of the molecule is O=C(NCc1ccc(Cl)cc1)N1CCCC(c2nnc(COc3ccccc3)o2)C1. The lowest BCUT2D eigenvalue weighted by Gasteiger charge is -2.31. The van der Waals surface area contributed by atoms with Crippen molar-refractivity contribution in [3.8, 4) is 5.75 Å². The molecule has 1 aromatic heterocycles. The summed E-state index contributed by atoms with van der Waals surface area (Å²) in [5.41, 5.74) is 1.00. The Morgan fingerprint density at radius 2 is 1.97 bits per heavy atom. The molecule has 1 N–H and O–H groups in total. The lowest BCUT2D eigenvalue weighted by Crippen LogP contribution is -2.44. The number of hydrogen-bond donors (Lipinski definition) is 1. The fourth-order valence-corrected chi connectivity index (χ4v) is 3.53. The van der Waals surface area contributed by atoms with Crippen LogP contribution in [0.15, 0.2) is 59.0 Å². The first-order valence-electron chi connectivity index (χ1n) is 9.95. The number of carbonyl (C=O) groups excluding carboxylic acids is 1. The van der Waals surface area contributed by atoms with E-state index in [1.807, 2.05) is 54.6 Å². The predicted octanol–water partition coefficient (Wildman–Crippen LogP) is 4.39. The van der Waals surface area contributed by atoms with Crippen molar-refractivity contribution in [2.75, 3.05) is 13.1 Å². The highest BCUT2D eigenvalue weighted by atomic mass is 35.5. The molecule has 156 valence electrons. The fourth-order valence-electron chi connectivity index (χ4n) is 3.41. The molecule has 2 amide bonds. The third-order valence-electron chi connectivity index (χ3n) is 5.00. The quantitative estimate of drug-likeness (QED) is 0.632. The molecule has 0 spiro atoms. The van der Waals surface area contributed by atoms with Crippen LogP contribution in [0.4, 0.5) is 4.79 Å². The second-order valence-corrected chi connectivity index (χ2v) is 7.64. The van der Waals surface area contributed by atoms with Crippen LogP contribution in [0.5, 0.6) is 5.75 Å². The molecule has 2 aromatic carbocycles. The minimum atomic E-state index is -0.0956. The van der Waals surface area contributed by atoms with Crippen LogP contribution in [0.25, 0.3) is 0 Å². The maximum Gasteiger partial charge on any atom is 0.317 e. The van der Waals surface area contributed by atoms with Crippen LogP contribution in [0, 0.1) is 0 Å². The van der Waals surface area contributed by atoms with Gasteiger partial charge in [-0.2, -0.15) is 0 Å². The summed E-state index contributed by atoms with van der Waals surface area (Å²) < 4.78 is 11.4. The zero-order valence-corrected chi connectivity index (χ0v) is 17.2. The second kappa shape index (κ2) is 9.63. The smallest absolute Gasteiger partial charge is 0.317 e. The first-order chi connectivity index (χ1) is 14.7. The molecule has 1 unspecified atom stereocenters. The lowest BCUT2D eigenvalue weighted by atomic mass is 9.98. The maximum atomic E-state index is 12.6. The van der Waals surface area contributed by atoms with E-state index < -0.39 is 0 Å². The molecule has 1 aliphatic heterocycles. The Morgan fingerprint density at radius 3 is 2.77 bits per heavy atom. The Morgan fingerprint density at radius 1 is 1.17 bits per heavy atom. The number of aromatic nitrogens is 2. The molecule has 0 radical (unpaired) electrons. The number of nitrogens with one attached hydrogen (secondary N) is 1. The molecule has 8 heteroatoms. The number of rotatable bonds is 6. The summed E-state index contributed by atoms with van der Waals surface area (Å²) in [6, 6.07) is 16.8. The normalized spacial score (nSPS) is 16.3. The van der Waals surface area contributed by atoms with Crippen molar-refractivity contribution in [2.45, 2.75) is 31.9 Å². The number of piperidine rings is 1. The highest BCUT2D eigenvalue weighted by Crippen LogP contribution is 2.26. The Labute approximate surface area is 180 Å². The summed E-state index contributed by atoms with van der Waals surface area (Å²) in [5.74, 6) is 1.76. The number of likely N-dealkylation sites (tertiary alicyclic amines) is 1. The Hall–Kier alpha value is -3.06. The Kier molecular flexibility index (Phi) is 6.49. The van der Waals surface area contributed by atoms with Gasteiger partial charge in [-0.15, -0.1) is 10.2 Å². The van der Waals surface area contributed by atoms with Gasteiger partial charge in [-0.3, -0.25) is 0 Å². The van der Waals surface area contributed by atoms with Crippen molar-refractivity contribution >= 4 is 17.6 Å². The number of benzene rings is 2. The standard InChI is InChI=1S/C22H23ClN4O3/c23-18-10-8-16(9-11-18)13-24-22(28)27-12-4-5-17(14-27)21-26-25-20(30-21)15-29-19-6-2-1-3-7-19/h1-3,6-11,17H,4-5,12-15H2,(H,24,28). The fraction of sp³-hybridized carbons (Fsp3) is 0.318. The highest BCUT2D eigenvalue weighted by molar-refractivity contribution is 6.30. The predicted molar refractivity (Wildman–Crippen MR) is 112 cm³/mol. The first kappa shape index (κ1) is 20.2. The molecule has 1 aliphatic rings. The molecular formula is C22H23ClN4O3. The van der Waals surface area contributed by atoms with Gasteiger partial charge in [0.05, 0.1) is 5.92 Å². The number of urea groups is 1. The topological polar surface area (TPSA) is 80.5 Å². The van der Waals surface area contributed by atoms with E-state index in [1.54, 1.807) is 4.90 Å². The molecule has 0 bridgehead atoms. The third-order valence-corrected chi connectivity index (χ3v) is 5.25. The summed E-state index contributed by atoms with van der Waals surface area (Å²) in [5, 5.41) is 11.9. The van der Waals surface area contributed by atoms with E-state index in [9.17, 15) is 4.79 Å². The number of nitrogens with zero attached hydrogens (tertiary/aromatic N) is 3. The third kappa shape index (κ3) is 5.30. The lowest BCUT2D eigenvalue weighted by molar-refractivity contribution is 0.172. The molecular weight excluding hydrogens is 404 g/mol. The zero-order chi connectivity index (χ0) is 20.8. The van der Waals surface area contributed by atoms with Crippen LogP contribution in [0.3, 0.4) is 0 Å². The van der Waals surface area contributed by atoms with Gasteiger partial charge >= 0.3 is 6.03 Å². The zero-order valence-electron chi connectivity index (χ0n) is 16.5. The van der Waals surface area contributed by atoms with Crippen LogP contribution in [-0.2, 0) is 13.2 Å². The van der Waals surface area contributed by atoms with Gasteiger partial charge in [0.25, 0.3) is 5.89 Å². The van der Waals surface area contributed by atoms with Crippen LogP contribution in [-0.4, -0.2) is 34.2 Å². The minimum Gasteiger partial charge on any atom is -0.484 e. The largest absolute Gasteiger partial charge is 0.484 e. The molecule has 4 rings (SSSR count). The summed E-state index contributed by atoms with van der Waals surface area (Å²) in [6.07, 6.45) is 1.79. The van der Waals surface area contributed by atoms with E-state index in [-0.39, 0.29) is 18.6 Å². The average molecular weight is 427 g/mol. The van der Waals surface area contributed by atoms with Crippen molar-refractivity contribution in [3.63, 3.8) is 0 Å². The number of carbonyl (C=O) groups is 1. The number of amides is 2. The van der Waals surface area contributed by atoms with Crippen LogP contribution in [0.1, 0.15) is 36.1 Å². The van der Waals surface area contributed by atoms with E-state index in [2.05, 4.69) is 15.5 Å². The van der Waals surface area contributed by atoms with Crippen molar-refractivity contribution in [2.24, 2.45) is 0 Å². The van der Waals surface area contributed by atoms with Crippen LogP contribution in [0.2, 0.25) is 5.02 Å². The van der Waals surface area contributed by atoms with Gasteiger partial charge in [0.1, 0.15) is 5.75 Å². The molecule has 30 heavy (non-hydrogen) atoms. The van der Waals surface area contributed by atoms with E-state index >= 15 is 0 Å². The number of halogens is 1. The summed E-state index contributed by atoms with van der Waals surface area (Å²) in [6.45, 7) is 1.93. The van der Waals surface area contributed by atoms with E-state index in [1.165, 1.54) is 0 Å². The van der Waals surface area contributed by atoms with Crippen molar-refractivity contribution in [1.82, 2.24) is 20.4 Å². The number of para-hydroxylation sites is 1. The van der Waals surface area contributed by atoms with Gasteiger partial charge in [0, 0.05) is 24.7 Å². The molecule has 1 fully saturated rings. The van der Waals surface area contributed by atoms with E-state index in [0.717, 1.165) is 24.2 Å². The van der Waals surface area contributed by atoms with Gasteiger partial charge in [-0.25, -0.2) is 4.79 Å². The van der Waals surface area contributed by atoms with Crippen molar-refractivity contribution in [3.05, 3.63) is 77.0 Å². The van der Waals surface area contributed by atoms with Crippen molar-refractivity contribution in [1.29, 1.82) is 0 Å². The maximum absolute atomic E-state index is 12.6. The van der Waals surface area contributed by atoms with Crippen LogP contribution < -0.4 is 10.1 Å². The minimum absolute atomic E-state index is 0.0259. The van der Waals surface area contributed by atoms with Gasteiger partial charge in [0.2, 0.25) is 5.89 Å². The molecule has 3 aromatic rings. The van der Waals surface area contributed by atoms with Crippen LogP contribution >= 0.6 is 11.6 Å². The van der Waals surface area contributed by atoms with Crippen molar-refractivity contribution < 1.29 is 13.9 Å². The highest BCUT2D eigenvalue weighted by Gasteiger charge is 2.28. The monoisotopic (exact) mass is 426 g/mol. The molecule has 7 nitrogen and oxygen atoms in total. The van der Waals surface area contributed by atoms with Gasteiger partial charge in [0.15, 0.2) is 6.61 Å². The molecule has 1 atom stereocenters. The van der Waals surface area contributed by atoms with Gasteiger partial charge in [-0.05, 0) is 42.7 Å². The summed E-state index contributed by atoms with van der Waals surface area (Å²) in [4.78, 5) is 14.4. The number of ether oxygens (including phenoxy) is 1. The van der Waals surface area contributed by atoms with E-state index in [4.69, 9.17) is 20.8 Å². The van der Waals surface area contributed by atoms with Gasteiger partial charge < -0.3 is 19.4 Å². The molecule has 0 saturated carbocycles.